The lowest BCUT2D eigenvalue weighted by atomic mass is 9.86. The molecule has 3 heterocycles. The summed E-state index contributed by atoms with van der Waals surface area (Å²) in [6.07, 6.45) is 1.56. The number of hydrogen-bond donors (Lipinski definition) is 4. The number of ether oxygens (including phenoxy) is 1. The number of sulfone groups is 1. The molecule has 0 radical (unpaired) electrons. The molecule has 13 heteroatoms. The third-order valence-corrected chi connectivity index (χ3v) is 11.0. The summed E-state index contributed by atoms with van der Waals surface area (Å²) in [5, 5.41) is 16.7. The number of aliphatic hydroxyl groups excluding tert-OH is 1. The Morgan fingerprint density at radius 1 is 1.04 bits per heavy atom. The highest BCUT2D eigenvalue weighted by Gasteiger charge is 2.35. The van der Waals surface area contributed by atoms with Crippen LogP contribution in [0.2, 0.25) is 0 Å². The topological polar surface area (TPSA) is 132 Å². The summed E-state index contributed by atoms with van der Waals surface area (Å²) >= 11 is 0. The summed E-state index contributed by atoms with van der Waals surface area (Å²) in [6, 6.07) is 10.8. The zero-order chi connectivity index (χ0) is 35.0. The van der Waals surface area contributed by atoms with Crippen LogP contribution in [0.5, 0.6) is 5.75 Å². The largest absolute Gasteiger partial charge is 0.489 e. The number of halogens is 2. The van der Waals surface area contributed by atoms with E-state index in [1.807, 2.05) is 50.9 Å². The van der Waals surface area contributed by atoms with E-state index in [1.54, 1.807) is 38.1 Å². The van der Waals surface area contributed by atoms with E-state index >= 15 is 0 Å². The lowest BCUT2D eigenvalue weighted by Gasteiger charge is -2.35. The summed E-state index contributed by atoms with van der Waals surface area (Å²) in [6.45, 7) is 13.1. The van der Waals surface area contributed by atoms with Crippen molar-refractivity contribution < 1.29 is 27.0 Å². The first-order valence-electron chi connectivity index (χ1n) is 16.4. The van der Waals surface area contributed by atoms with Crippen molar-refractivity contribution in [2.24, 2.45) is 0 Å². The fourth-order valence-corrected chi connectivity index (χ4v) is 7.28. The third-order valence-electron chi connectivity index (χ3n) is 8.82. The number of aryl methyl sites for hydroxylation is 2. The van der Waals surface area contributed by atoms with Crippen LogP contribution in [0.3, 0.4) is 0 Å². The number of likely N-dealkylation sites (tertiary alicyclic amines) is 1. The Kier molecular flexibility index (Phi) is 10.3. The van der Waals surface area contributed by atoms with E-state index in [2.05, 4.69) is 15.6 Å². The van der Waals surface area contributed by atoms with Crippen LogP contribution >= 0.6 is 0 Å². The fraction of sp³-hybridized carbons (Fsp3) is 0.486. The second-order valence-electron chi connectivity index (χ2n) is 13.3. The summed E-state index contributed by atoms with van der Waals surface area (Å²) in [5.74, 6) is -1.57. The van der Waals surface area contributed by atoms with E-state index in [4.69, 9.17) is 14.7 Å². The van der Waals surface area contributed by atoms with Gasteiger partial charge in [0.2, 0.25) is 5.95 Å². The third kappa shape index (κ3) is 7.74. The number of piperidine rings is 1. The monoisotopic (exact) mass is 684 g/mol. The minimum absolute atomic E-state index is 0.0551. The number of nitrogens with one attached hydrogen (secondary N) is 3. The Hall–Kier alpha value is -3.81. The number of aromatic nitrogens is 3. The van der Waals surface area contributed by atoms with Crippen molar-refractivity contribution in [3.8, 4) is 5.75 Å². The van der Waals surface area contributed by atoms with E-state index in [-0.39, 0.29) is 29.4 Å². The SMILES string of the molecule is Cc1cc(Nc2nc(Nc3ccccc3S(=O)(=O)C(C)C)c3c(C)c[nH]c3n2)c(OC(C)C)cc1C1CCN(C[C@@H](O)C(C)(F)F)CC1. The van der Waals surface area contributed by atoms with Crippen molar-refractivity contribution in [2.75, 3.05) is 30.3 Å². The Labute approximate surface area is 281 Å². The molecule has 0 amide bonds. The number of fused-ring (bicyclic) bond motifs is 1. The minimum atomic E-state index is -3.58. The van der Waals surface area contributed by atoms with E-state index in [1.165, 1.54) is 0 Å². The van der Waals surface area contributed by atoms with Crippen molar-refractivity contribution in [1.29, 1.82) is 0 Å². The van der Waals surface area contributed by atoms with E-state index < -0.39 is 27.1 Å². The first-order valence-corrected chi connectivity index (χ1v) is 17.9. The molecule has 0 aliphatic carbocycles. The molecule has 4 N–H and O–H groups in total. The molecule has 1 saturated heterocycles. The second kappa shape index (κ2) is 14.0. The van der Waals surface area contributed by atoms with Crippen LogP contribution in [-0.4, -0.2) is 76.4 Å². The molecular formula is C35H46F2N6O4S. The smallest absolute Gasteiger partial charge is 0.271 e. The average molecular weight is 685 g/mol. The van der Waals surface area contributed by atoms with E-state index in [0.717, 1.165) is 41.8 Å². The van der Waals surface area contributed by atoms with Crippen molar-refractivity contribution in [3.05, 3.63) is 59.3 Å². The first-order chi connectivity index (χ1) is 22.5. The average Bonchev–Trinajstić information content (AvgIpc) is 3.38. The standard InChI is InChI=1S/C35H46F2N6O4S/c1-20(2)47-28-17-25(24-12-14-43(15-13-24)19-30(44)35(7,36)37)22(5)16-27(28)40-34-41-32-31(23(6)18-38-32)33(42-34)39-26-10-8-9-11-29(26)48(45,46)21(3)4/h8-11,16-18,20-21,24,30,44H,12-15,19H2,1-7H3,(H3,38,39,40,41,42)/t30-/m1/s1. The number of aliphatic hydroxyl groups is 1. The number of β-amino-alcohol motifs (C(OH)–C–C–N with tert-alkyl or cyclic N) is 1. The Morgan fingerprint density at radius 3 is 2.38 bits per heavy atom. The van der Waals surface area contributed by atoms with E-state index in [0.29, 0.717) is 41.7 Å². The van der Waals surface area contributed by atoms with Gasteiger partial charge in [0.1, 0.15) is 23.3 Å². The number of anilines is 4. The van der Waals surface area contributed by atoms with Crippen LogP contribution in [0.15, 0.2) is 47.5 Å². The van der Waals surface area contributed by atoms with Gasteiger partial charge in [-0.2, -0.15) is 9.97 Å². The van der Waals surface area contributed by atoms with Gasteiger partial charge in [-0.15, -0.1) is 0 Å². The number of aromatic amines is 1. The molecule has 5 rings (SSSR count). The van der Waals surface area contributed by atoms with Crippen LogP contribution in [0.4, 0.5) is 31.9 Å². The Morgan fingerprint density at radius 2 is 1.73 bits per heavy atom. The molecule has 260 valence electrons. The number of benzene rings is 2. The maximum atomic E-state index is 13.6. The van der Waals surface area contributed by atoms with Crippen LogP contribution in [0, 0.1) is 13.8 Å². The van der Waals surface area contributed by atoms with Gasteiger partial charge < -0.3 is 30.4 Å². The predicted octanol–water partition coefficient (Wildman–Crippen LogP) is 7.23. The van der Waals surface area contributed by atoms with Gasteiger partial charge in [-0.3, -0.25) is 0 Å². The zero-order valence-corrected chi connectivity index (χ0v) is 29.4. The van der Waals surface area contributed by atoms with Gasteiger partial charge in [0.15, 0.2) is 9.84 Å². The molecule has 1 fully saturated rings. The Balaban J connectivity index is 1.45. The molecule has 2 aromatic carbocycles. The lowest BCUT2D eigenvalue weighted by Crippen LogP contribution is -2.44. The summed E-state index contributed by atoms with van der Waals surface area (Å²) in [7, 11) is -3.58. The maximum Gasteiger partial charge on any atom is 0.271 e. The van der Waals surface area contributed by atoms with Crippen molar-refractivity contribution >= 4 is 44.0 Å². The quantitative estimate of drug-likeness (QED) is 0.122. The molecule has 1 aliphatic rings. The summed E-state index contributed by atoms with van der Waals surface area (Å²) < 4.78 is 59.8. The molecule has 0 bridgehead atoms. The maximum absolute atomic E-state index is 13.6. The number of H-pyrrole nitrogens is 1. The molecule has 10 nitrogen and oxygen atoms in total. The van der Waals surface area contributed by atoms with Crippen LogP contribution in [-0.2, 0) is 9.84 Å². The van der Waals surface area contributed by atoms with Gasteiger partial charge in [-0.05, 0) is 114 Å². The van der Waals surface area contributed by atoms with Gasteiger partial charge in [-0.1, -0.05) is 12.1 Å². The highest BCUT2D eigenvalue weighted by atomic mass is 32.2. The van der Waals surface area contributed by atoms with Gasteiger partial charge in [-0.25, -0.2) is 17.2 Å². The molecule has 2 aromatic heterocycles. The first kappa shape index (κ1) is 35.5. The molecule has 1 aliphatic heterocycles. The van der Waals surface area contributed by atoms with E-state index in [9.17, 15) is 22.3 Å². The predicted molar refractivity (Wildman–Crippen MR) is 186 cm³/mol. The second-order valence-corrected chi connectivity index (χ2v) is 15.8. The highest BCUT2D eigenvalue weighted by Crippen LogP contribution is 2.39. The number of rotatable bonds is 12. The molecule has 4 aromatic rings. The summed E-state index contributed by atoms with van der Waals surface area (Å²) in [4.78, 5) is 14.8. The minimum Gasteiger partial charge on any atom is -0.489 e. The molecule has 0 saturated carbocycles. The van der Waals surface area contributed by atoms with Gasteiger partial charge in [0.25, 0.3) is 5.92 Å². The van der Waals surface area contributed by atoms with Crippen LogP contribution in [0.1, 0.15) is 70.1 Å². The van der Waals surface area contributed by atoms with Crippen LogP contribution < -0.4 is 15.4 Å². The molecule has 1 atom stereocenters. The van der Waals surface area contributed by atoms with Gasteiger partial charge in [0, 0.05) is 19.7 Å². The van der Waals surface area contributed by atoms with Gasteiger partial charge >= 0.3 is 0 Å². The normalized spacial score (nSPS) is 15.8. The molecule has 0 spiro atoms. The molecule has 48 heavy (non-hydrogen) atoms. The zero-order valence-electron chi connectivity index (χ0n) is 28.6. The van der Waals surface area contributed by atoms with Gasteiger partial charge in [0.05, 0.1) is 33.0 Å². The number of hydrogen-bond acceptors (Lipinski definition) is 9. The number of para-hydroxylation sites is 1. The summed E-state index contributed by atoms with van der Waals surface area (Å²) in [5.41, 5.74) is 4.73. The number of alkyl halides is 2. The molecular weight excluding hydrogens is 638 g/mol. The van der Waals surface area contributed by atoms with Crippen LogP contribution in [0.25, 0.3) is 11.0 Å². The Bertz CT molecular complexity index is 1860. The fourth-order valence-electron chi connectivity index (χ4n) is 6.08. The van der Waals surface area contributed by atoms with Crippen molar-refractivity contribution in [3.63, 3.8) is 0 Å². The van der Waals surface area contributed by atoms with Crippen molar-refractivity contribution in [1.82, 2.24) is 19.9 Å². The number of nitrogens with zero attached hydrogens (tertiary/aromatic N) is 3. The van der Waals surface area contributed by atoms with Crippen molar-refractivity contribution in [2.45, 2.75) is 95.5 Å². The highest BCUT2D eigenvalue weighted by molar-refractivity contribution is 7.92. The lowest BCUT2D eigenvalue weighted by molar-refractivity contribution is -0.105. The molecule has 0 unspecified atom stereocenters.